The Bertz CT molecular complexity index is 696. The van der Waals surface area contributed by atoms with Crippen LogP contribution in [-0.4, -0.2) is 49.4 Å². The van der Waals surface area contributed by atoms with Crippen LogP contribution in [0.1, 0.15) is 19.3 Å². The number of aromatic nitrogens is 2. The number of rotatable bonds is 4. The molecule has 2 aliphatic heterocycles. The molecule has 2 saturated heterocycles. The summed E-state index contributed by atoms with van der Waals surface area (Å²) in [5.74, 6) is 1.67. The second-order valence-corrected chi connectivity index (χ2v) is 6.53. The maximum Gasteiger partial charge on any atom is 0.227 e. The van der Waals surface area contributed by atoms with Crippen LogP contribution in [-0.2, 0) is 4.74 Å². The number of piperidine rings is 1. The van der Waals surface area contributed by atoms with Crippen LogP contribution in [0.4, 0.5) is 23.1 Å². The van der Waals surface area contributed by atoms with Crippen LogP contribution in [0.15, 0.2) is 36.5 Å². The fourth-order valence-corrected chi connectivity index (χ4v) is 3.46. The molecule has 6 heteroatoms. The molecule has 2 aliphatic rings. The van der Waals surface area contributed by atoms with Crippen molar-refractivity contribution in [3.8, 4) is 0 Å². The van der Waals surface area contributed by atoms with E-state index in [9.17, 15) is 0 Å². The highest BCUT2D eigenvalue weighted by molar-refractivity contribution is 5.74. The second-order valence-electron chi connectivity index (χ2n) is 6.53. The molecule has 1 N–H and O–H groups in total. The van der Waals surface area contributed by atoms with Crippen LogP contribution in [0.25, 0.3) is 0 Å². The number of nitrogens with one attached hydrogen (secondary N) is 1. The van der Waals surface area contributed by atoms with E-state index in [4.69, 9.17) is 9.72 Å². The van der Waals surface area contributed by atoms with Gasteiger partial charge >= 0.3 is 0 Å². The van der Waals surface area contributed by atoms with Gasteiger partial charge < -0.3 is 19.9 Å². The van der Waals surface area contributed by atoms with Crippen molar-refractivity contribution >= 4 is 23.1 Å². The quantitative estimate of drug-likeness (QED) is 0.924. The normalized spacial score (nSPS) is 18.2. The Balaban J connectivity index is 1.54. The number of benzene rings is 1. The van der Waals surface area contributed by atoms with Gasteiger partial charge in [0.25, 0.3) is 0 Å². The number of ether oxygens (including phenoxy) is 1. The van der Waals surface area contributed by atoms with Crippen molar-refractivity contribution in [2.24, 2.45) is 0 Å². The molecule has 0 atom stereocenters. The monoisotopic (exact) mass is 339 g/mol. The Morgan fingerprint density at radius 2 is 1.68 bits per heavy atom. The summed E-state index contributed by atoms with van der Waals surface area (Å²) in [7, 11) is 0. The van der Waals surface area contributed by atoms with Crippen LogP contribution in [0.3, 0.4) is 0 Å². The van der Waals surface area contributed by atoms with Gasteiger partial charge in [-0.3, -0.25) is 0 Å². The molecule has 0 radical (unpaired) electrons. The molecule has 132 valence electrons. The zero-order valence-electron chi connectivity index (χ0n) is 14.5. The molecule has 1 aromatic heterocycles. The van der Waals surface area contributed by atoms with Crippen molar-refractivity contribution in [1.29, 1.82) is 0 Å². The van der Waals surface area contributed by atoms with Crippen molar-refractivity contribution in [2.75, 3.05) is 54.5 Å². The first-order valence-corrected chi connectivity index (χ1v) is 9.17. The molecule has 6 nitrogen and oxygen atoms in total. The fraction of sp³-hybridized carbons (Fsp3) is 0.474. The number of anilines is 4. The molecule has 0 saturated carbocycles. The summed E-state index contributed by atoms with van der Waals surface area (Å²) in [6, 6.07) is 10.3. The van der Waals surface area contributed by atoms with Crippen LogP contribution in [0.5, 0.6) is 0 Å². The lowest BCUT2D eigenvalue weighted by Crippen LogP contribution is -2.36. The molecular weight excluding hydrogens is 314 g/mol. The largest absolute Gasteiger partial charge is 0.378 e. The van der Waals surface area contributed by atoms with E-state index in [0.717, 1.165) is 56.8 Å². The highest BCUT2D eigenvalue weighted by Crippen LogP contribution is 2.29. The van der Waals surface area contributed by atoms with Crippen molar-refractivity contribution < 1.29 is 4.74 Å². The molecule has 0 spiro atoms. The molecule has 4 rings (SSSR count). The van der Waals surface area contributed by atoms with Crippen molar-refractivity contribution in [2.45, 2.75) is 19.3 Å². The molecule has 0 amide bonds. The highest BCUT2D eigenvalue weighted by atomic mass is 16.5. The number of nitrogens with zero attached hydrogens (tertiary/aromatic N) is 4. The first-order valence-electron chi connectivity index (χ1n) is 9.17. The Kier molecular flexibility index (Phi) is 4.97. The van der Waals surface area contributed by atoms with Gasteiger partial charge in [0, 0.05) is 32.4 Å². The first kappa shape index (κ1) is 16.1. The minimum Gasteiger partial charge on any atom is -0.378 e. The Morgan fingerprint density at radius 1 is 0.880 bits per heavy atom. The summed E-state index contributed by atoms with van der Waals surface area (Å²) >= 11 is 0. The Labute approximate surface area is 148 Å². The topological polar surface area (TPSA) is 53.5 Å². The van der Waals surface area contributed by atoms with Gasteiger partial charge in [-0.05, 0) is 37.5 Å². The van der Waals surface area contributed by atoms with E-state index < -0.39 is 0 Å². The minimum absolute atomic E-state index is 0.779. The van der Waals surface area contributed by atoms with E-state index in [2.05, 4.69) is 44.4 Å². The average Bonchev–Trinajstić information content (AvgIpc) is 2.70. The van der Waals surface area contributed by atoms with E-state index in [0.29, 0.717) is 0 Å². The third-order valence-corrected chi connectivity index (χ3v) is 4.80. The molecule has 0 bridgehead atoms. The predicted molar refractivity (Wildman–Crippen MR) is 101 cm³/mol. The minimum atomic E-state index is 0.779. The van der Waals surface area contributed by atoms with Crippen LogP contribution in [0, 0.1) is 0 Å². The highest BCUT2D eigenvalue weighted by Gasteiger charge is 2.16. The Hall–Kier alpha value is -2.34. The van der Waals surface area contributed by atoms with Crippen LogP contribution in [0.2, 0.25) is 0 Å². The predicted octanol–water partition coefficient (Wildman–Crippen LogP) is 3.05. The van der Waals surface area contributed by atoms with Crippen LogP contribution >= 0.6 is 0 Å². The summed E-state index contributed by atoms with van der Waals surface area (Å²) in [6.45, 7) is 5.49. The van der Waals surface area contributed by atoms with E-state index in [1.807, 2.05) is 12.3 Å². The van der Waals surface area contributed by atoms with Gasteiger partial charge in [-0.15, -0.1) is 0 Å². The summed E-state index contributed by atoms with van der Waals surface area (Å²) in [5.41, 5.74) is 2.27. The molecule has 25 heavy (non-hydrogen) atoms. The van der Waals surface area contributed by atoms with Gasteiger partial charge in [-0.25, -0.2) is 4.98 Å². The molecule has 0 aliphatic carbocycles. The lowest BCUT2D eigenvalue weighted by atomic mass is 10.1. The molecular formula is C19H25N5O. The lowest BCUT2D eigenvalue weighted by Gasteiger charge is -2.30. The van der Waals surface area contributed by atoms with Gasteiger partial charge in [0.2, 0.25) is 5.95 Å². The third-order valence-electron chi connectivity index (χ3n) is 4.80. The molecule has 0 unspecified atom stereocenters. The smallest absolute Gasteiger partial charge is 0.227 e. The van der Waals surface area contributed by atoms with E-state index in [-0.39, 0.29) is 0 Å². The summed E-state index contributed by atoms with van der Waals surface area (Å²) < 4.78 is 5.47. The summed E-state index contributed by atoms with van der Waals surface area (Å²) in [4.78, 5) is 13.8. The van der Waals surface area contributed by atoms with Crippen LogP contribution < -0.4 is 15.1 Å². The molecule has 1 aromatic carbocycles. The van der Waals surface area contributed by atoms with Crippen molar-refractivity contribution in [3.63, 3.8) is 0 Å². The van der Waals surface area contributed by atoms with Gasteiger partial charge in [-0.1, -0.05) is 12.1 Å². The van der Waals surface area contributed by atoms with Crippen molar-refractivity contribution in [3.05, 3.63) is 36.5 Å². The zero-order valence-corrected chi connectivity index (χ0v) is 14.5. The maximum absolute atomic E-state index is 5.47. The fourth-order valence-electron chi connectivity index (χ4n) is 3.46. The first-order chi connectivity index (χ1) is 12.4. The van der Waals surface area contributed by atoms with Gasteiger partial charge in [0.1, 0.15) is 5.82 Å². The van der Waals surface area contributed by atoms with Gasteiger partial charge in [-0.2, -0.15) is 4.98 Å². The summed E-state index contributed by atoms with van der Waals surface area (Å²) in [5, 5.41) is 3.49. The summed E-state index contributed by atoms with van der Waals surface area (Å²) in [6.07, 6.45) is 5.60. The van der Waals surface area contributed by atoms with Gasteiger partial charge in [0.15, 0.2) is 0 Å². The number of morpholine rings is 1. The van der Waals surface area contributed by atoms with E-state index >= 15 is 0 Å². The average molecular weight is 339 g/mol. The number of hydrogen-bond acceptors (Lipinski definition) is 6. The van der Waals surface area contributed by atoms with Gasteiger partial charge in [0.05, 0.1) is 24.6 Å². The number of para-hydroxylation sites is 2. The van der Waals surface area contributed by atoms with Crippen molar-refractivity contribution in [1.82, 2.24) is 9.97 Å². The lowest BCUT2D eigenvalue weighted by molar-refractivity contribution is 0.123. The third kappa shape index (κ3) is 3.85. The number of hydrogen-bond donors (Lipinski definition) is 1. The SMILES string of the molecule is c1ccc(N2CCOCC2)c(Nc2ccnc(N3CCCCC3)n2)c1. The van der Waals surface area contributed by atoms with E-state index in [1.165, 1.54) is 24.9 Å². The second kappa shape index (κ2) is 7.70. The molecule has 2 fully saturated rings. The molecule has 2 aromatic rings. The maximum atomic E-state index is 5.47. The molecule has 3 heterocycles. The Morgan fingerprint density at radius 3 is 2.52 bits per heavy atom. The standard InChI is InChI=1S/C19H25N5O/c1-4-10-24(11-5-1)19-20-9-8-18(22-19)21-16-6-2-3-7-17(16)23-12-14-25-15-13-23/h2-3,6-9H,1,4-5,10-15H2,(H,20,21,22). The zero-order chi connectivity index (χ0) is 16.9. The van der Waals surface area contributed by atoms with E-state index in [1.54, 1.807) is 0 Å².